The molecule has 2 aromatic carbocycles. The minimum atomic E-state index is -0.373. The number of pyridine rings is 1. The Labute approximate surface area is 157 Å². The second kappa shape index (κ2) is 8.53. The molecule has 0 spiro atoms. The molecule has 3 aromatic rings. The molecule has 3 rings (SSSR count). The molecule has 0 fully saturated rings. The van der Waals surface area contributed by atoms with Gasteiger partial charge in [-0.05, 0) is 43.3 Å². The van der Waals surface area contributed by atoms with E-state index in [-0.39, 0.29) is 11.8 Å². The van der Waals surface area contributed by atoms with Crippen molar-refractivity contribution in [2.24, 2.45) is 5.10 Å². The number of hydrazone groups is 1. The van der Waals surface area contributed by atoms with Gasteiger partial charge < -0.3 is 5.32 Å². The average molecular weight is 358 g/mol. The summed E-state index contributed by atoms with van der Waals surface area (Å²) in [7, 11) is 0. The van der Waals surface area contributed by atoms with Crippen LogP contribution in [0.5, 0.6) is 0 Å². The summed E-state index contributed by atoms with van der Waals surface area (Å²) in [5.41, 5.74) is 5.72. The summed E-state index contributed by atoms with van der Waals surface area (Å²) in [6.07, 6.45) is 4.80. The number of nitrogens with zero attached hydrogens (tertiary/aromatic N) is 2. The van der Waals surface area contributed by atoms with Crippen LogP contribution in [0.1, 0.15) is 31.8 Å². The SMILES string of the molecule is Cc1cccc(C(=O)Nc2cccc(C(=O)N/N=C/c3cccnc3)c2)c1. The van der Waals surface area contributed by atoms with Crippen LogP contribution in [0.25, 0.3) is 0 Å². The number of hydrogen-bond donors (Lipinski definition) is 2. The fraction of sp³-hybridized carbons (Fsp3) is 0.0476. The highest BCUT2D eigenvalue weighted by Crippen LogP contribution is 2.13. The number of rotatable bonds is 5. The zero-order chi connectivity index (χ0) is 19.1. The molecule has 0 unspecified atom stereocenters. The van der Waals surface area contributed by atoms with Gasteiger partial charge in [-0.2, -0.15) is 5.10 Å². The van der Waals surface area contributed by atoms with Crippen molar-refractivity contribution >= 4 is 23.7 Å². The van der Waals surface area contributed by atoms with E-state index >= 15 is 0 Å². The molecular formula is C21H18N4O2. The van der Waals surface area contributed by atoms with E-state index in [0.717, 1.165) is 11.1 Å². The van der Waals surface area contributed by atoms with Gasteiger partial charge in [0.05, 0.1) is 6.21 Å². The van der Waals surface area contributed by atoms with Crippen molar-refractivity contribution in [2.45, 2.75) is 6.92 Å². The summed E-state index contributed by atoms with van der Waals surface area (Å²) in [5.74, 6) is -0.604. The standard InChI is InChI=1S/C21H18N4O2/c1-15-5-2-7-17(11-15)20(26)24-19-9-3-8-18(12-19)21(27)25-23-14-16-6-4-10-22-13-16/h2-14H,1H3,(H,24,26)(H,25,27)/b23-14+. The Morgan fingerprint density at radius 3 is 2.48 bits per heavy atom. The highest BCUT2D eigenvalue weighted by atomic mass is 16.2. The van der Waals surface area contributed by atoms with Crippen molar-refractivity contribution in [1.29, 1.82) is 0 Å². The molecule has 134 valence electrons. The van der Waals surface area contributed by atoms with Gasteiger partial charge in [0.2, 0.25) is 0 Å². The molecule has 1 heterocycles. The predicted octanol–water partition coefficient (Wildman–Crippen LogP) is 3.41. The van der Waals surface area contributed by atoms with E-state index < -0.39 is 0 Å². The molecule has 27 heavy (non-hydrogen) atoms. The summed E-state index contributed by atoms with van der Waals surface area (Å²) in [5, 5.41) is 6.71. The largest absolute Gasteiger partial charge is 0.322 e. The van der Waals surface area contributed by atoms with Gasteiger partial charge in [-0.25, -0.2) is 5.43 Å². The lowest BCUT2D eigenvalue weighted by Gasteiger charge is -2.07. The number of carbonyl (C=O) groups is 2. The third kappa shape index (κ3) is 5.09. The number of aryl methyl sites for hydroxylation is 1. The minimum absolute atomic E-state index is 0.231. The molecule has 2 amide bonds. The Morgan fingerprint density at radius 2 is 1.74 bits per heavy atom. The zero-order valence-corrected chi connectivity index (χ0v) is 14.7. The molecule has 6 heteroatoms. The second-order valence-corrected chi connectivity index (χ2v) is 5.89. The molecular weight excluding hydrogens is 340 g/mol. The van der Waals surface area contributed by atoms with Crippen LogP contribution in [0.3, 0.4) is 0 Å². The van der Waals surface area contributed by atoms with Crippen molar-refractivity contribution in [3.8, 4) is 0 Å². The Hall–Kier alpha value is -3.80. The maximum absolute atomic E-state index is 12.3. The van der Waals surface area contributed by atoms with Crippen molar-refractivity contribution in [1.82, 2.24) is 10.4 Å². The van der Waals surface area contributed by atoms with Crippen molar-refractivity contribution in [2.75, 3.05) is 5.32 Å². The first-order valence-corrected chi connectivity index (χ1v) is 8.33. The fourth-order valence-corrected chi connectivity index (χ4v) is 2.41. The second-order valence-electron chi connectivity index (χ2n) is 5.89. The molecule has 0 atom stereocenters. The van der Waals surface area contributed by atoms with Gasteiger partial charge >= 0.3 is 0 Å². The number of nitrogens with one attached hydrogen (secondary N) is 2. The first-order chi connectivity index (χ1) is 13.1. The minimum Gasteiger partial charge on any atom is -0.322 e. The lowest BCUT2D eigenvalue weighted by atomic mass is 10.1. The smallest absolute Gasteiger partial charge is 0.271 e. The fourth-order valence-electron chi connectivity index (χ4n) is 2.41. The maximum Gasteiger partial charge on any atom is 0.271 e. The van der Waals surface area contributed by atoms with Gasteiger partial charge in [0.1, 0.15) is 0 Å². The summed E-state index contributed by atoms with van der Waals surface area (Å²) in [6, 6.07) is 17.6. The van der Waals surface area contributed by atoms with Crippen LogP contribution in [-0.4, -0.2) is 23.0 Å². The van der Waals surface area contributed by atoms with Crippen LogP contribution in [-0.2, 0) is 0 Å². The predicted molar refractivity (Wildman–Crippen MR) is 105 cm³/mol. The lowest BCUT2D eigenvalue weighted by Crippen LogP contribution is -2.18. The van der Waals surface area contributed by atoms with Crippen LogP contribution in [0.15, 0.2) is 78.2 Å². The van der Waals surface area contributed by atoms with Crippen LogP contribution >= 0.6 is 0 Å². The van der Waals surface area contributed by atoms with Gasteiger partial charge in [-0.1, -0.05) is 29.8 Å². The van der Waals surface area contributed by atoms with Crippen LogP contribution in [0.2, 0.25) is 0 Å². The molecule has 0 radical (unpaired) electrons. The first kappa shape index (κ1) is 18.0. The Kier molecular flexibility index (Phi) is 5.69. The van der Waals surface area contributed by atoms with Gasteiger partial charge in [-0.3, -0.25) is 14.6 Å². The maximum atomic E-state index is 12.3. The van der Waals surface area contributed by atoms with E-state index in [9.17, 15) is 9.59 Å². The summed E-state index contributed by atoms with van der Waals surface area (Å²) in [6.45, 7) is 1.92. The number of anilines is 1. The lowest BCUT2D eigenvalue weighted by molar-refractivity contribution is 0.0953. The van der Waals surface area contributed by atoms with Crippen molar-refractivity contribution in [3.63, 3.8) is 0 Å². The van der Waals surface area contributed by atoms with Crippen LogP contribution < -0.4 is 10.7 Å². The van der Waals surface area contributed by atoms with Crippen LogP contribution in [0.4, 0.5) is 5.69 Å². The third-order valence-electron chi connectivity index (χ3n) is 3.73. The van der Waals surface area contributed by atoms with Gasteiger partial charge in [-0.15, -0.1) is 0 Å². The average Bonchev–Trinajstić information content (AvgIpc) is 2.69. The van der Waals surface area contributed by atoms with Gasteiger partial charge in [0.15, 0.2) is 0 Å². The molecule has 0 bridgehead atoms. The molecule has 0 aliphatic heterocycles. The molecule has 6 nitrogen and oxygen atoms in total. The Balaban J connectivity index is 1.65. The number of carbonyl (C=O) groups excluding carboxylic acids is 2. The molecule has 1 aromatic heterocycles. The van der Waals surface area contributed by atoms with Crippen LogP contribution in [0, 0.1) is 6.92 Å². The van der Waals surface area contributed by atoms with Gasteiger partial charge in [0, 0.05) is 34.8 Å². The van der Waals surface area contributed by atoms with Gasteiger partial charge in [0.25, 0.3) is 11.8 Å². The third-order valence-corrected chi connectivity index (χ3v) is 3.73. The summed E-state index contributed by atoms with van der Waals surface area (Å²) < 4.78 is 0. The van der Waals surface area contributed by atoms with E-state index in [2.05, 4.69) is 20.8 Å². The van der Waals surface area contributed by atoms with E-state index in [0.29, 0.717) is 16.8 Å². The number of amides is 2. The summed E-state index contributed by atoms with van der Waals surface area (Å²) in [4.78, 5) is 28.5. The molecule has 2 N–H and O–H groups in total. The molecule has 0 saturated heterocycles. The highest BCUT2D eigenvalue weighted by Gasteiger charge is 2.09. The Morgan fingerprint density at radius 1 is 0.963 bits per heavy atom. The monoisotopic (exact) mass is 358 g/mol. The number of aromatic nitrogens is 1. The quantitative estimate of drug-likeness (QED) is 0.541. The van der Waals surface area contributed by atoms with Crippen molar-refractivity contribution < 1.29 is 9.59 Å². The molecule has 0 aliphatic rings. The first-order valence-electron chi connectivity index (χ1n) is 8.33. The molecule has 0 aliphatic carbocycles. The number of benzene rings is 2. The van der Waals surface area contributed by atoms with E-state index in [4.69, 9.17) is 0 Å². The number of hydrogen-bond acceptors (Lipinski definition) is 4. The summed E-state index contributed by atoms with van der Waals surface area (Å²) >= 11 is 0. The van der Waals surface area contributed by atoms with Crippen molar-refractivity contribution in [3.05, 3.63) is 95.3 Å². The van der Waals surface area contributed by atoms with E-state index in [1.165, 1.54) is 6.21 Å². The zero-order valence-electron chi connectivity index (χ0n) is 14.7. The highest BCUT2D eigenvalue weighted by molar-refractivity contribution is 6.05. The van der Waals surface area contributed by atoms with E-state index in [1.807, 2.05) is 25.1 Å². The topological polar surface area (TPSA) is 83.5 Å². The normalized spacial score (nSPS) is 10.6. The molecule has 0 saturated carbocycles. The Bertz CT molecular complexity index is 984. The van der Waals surface area contributed by atoms with E-state index in [1.54, 1.807) is 54.9 Å².